The summed E-state index contributed by atoms with van der Waals surface area (Å²) >= 11 is 2.12. The minimum atomic E-state index is -3.64. The van der Waals surface area contributed by atoms with Crippen molar-refractivity contribution in [2.75, 3.05) is 30.3 Å². The van der Waals surface area contributed by atoms with E-state index in [-0.39, 0.29) is 6.54 Å². The fourth-order valence-corrected chi connectivity index (χ4v) is 3.77. The van der Waals surface area contributed by atoms with E-state index in [9.17, 15) is 13.2 Å². The van der Waals surface area contributed by atoms with Crippen molar-refractivity contribution in [2.45, 2.75) is 20.3 Å². The molecule has 1 amide bonds. The standard InChI is InChI=1S/C21H26IN3O5S/c1-4-12-30-19-11-6-16(13-20(19)29-5-2)14-23-24-21(26)15-25(31(3,27)28)18-9-7-17(22)8-10-18/h6-11,13-14H,4-5,12,15H2,1-3H3,(H,24,26)/b23-14-. The molecule has 0 heterocycles. The fraction of sp³-hybridized carbons (Fsp3) is 0.333. The van der Waals surface area contributed by atoms with E-state index in [0.29, 0.717) is 36.0 Å². The lowest BCUT2D eigenvalue weighted by molar-refractivity contribution is -0.119. The molecule has 0 unspecified atom stereocenters. The zero-order chi connectivity index (χ0) is 22.9. The molecule has 31 heavy (non-hydrogen) atoms. The van der Waals surface area contributed by atoms with E-state index >= 15 is 0 Å². The molecule has 8 nitrogen and oxygen atoms in total. The molecule has 2 aromatic carbocycles. The average molecular weight is 559 g/mol. The van der Waals surface area contributed by atoms with Gasteiger partial charge in [-0.15, -0.1) is 0 Å². The maximum atomic E-state index is 12.3. The first kappa shape index (κ1) is 24.9. The van der Waals surface area contributed by atoms with Gasteiger partial charge in [-0.2, -0.15) is 5.10 Å². The predicted molar refractivity (Wildman–Crippen MR) is 130 cm³/mol. The van der Waals surface area contributed by atoms with Crippen molar-refractivity contribution in [3.63, 3.8) is 0 Å². The number of benzene rings is 2. The Morgan fingerprint density at radius 3 is 2.45 bits per heavy atom. The van der Waals surface area contributed by atoms with Crippen molar-refractivity contribution in [1.82, 2.24) is 5.43 Å². The Kier molecular flexibility index (Phi) is 9.56. The van der Waals surface area contributed by atoms with E-state index in [0.717, 1.165) is 20.6 Å². The van der Waals surface area contributed by atoms with Crippen LogP contribution in [-0.2, 0) is 14.8 Å². The van der Waals surface area contributed by atoms with E-state index in [1.807, 2.05) is 13.8 Å². The summed E-state index contributed by atoms with van der Waals surface area (Å²) in [7, 11) is -3.64. The zero-order valence-electron chi connectivity index (χ0n) is 17.7. The number of ether oxygens (including phenoxy) is 2. The summed E-state index contributed by atoms with van der Waals surface area (Å²) in [6, 6.07) is 12.2. The molecule has 10 heteroatoms. The van der Waals surface area contributed by atoms with Crippen LogP contribution in [-0.4, -0.2) is 46.6 Å². The fourth-order valence-electron chi connectivity index (χ4n) is 2.56. The topological polar surface area (TPSA) is 97.3 Å². The van der Waals surface area contributed by atoms with Crippen molar-refractivity contribution in [3.8, 4) is 11.5 Å². The Balaban J connectivity index is 2.06. The summed E-state index contributed by atoms with van der Waals surface area (Å²) in [5.41, 5.74) is 3.47. The van der Waals surface area contributed by atoms with E-state index in [1.54, 1.807) is 42.5 Å². The normalized spacial score (nSPS) is 11.4. The highest BCUT2D eigenvalue weighted by atomic mass is 127. The maximum absolute atomic E-state index is 12.3. The molecular formula is C21H26IN3O5S. The number of hydrogen-bond donors (Lipinski definition) is 1. The quantitative estimate of drug-likeness (QED) is 0.259. The second-order valence-corrected chi connectivity index (χ2v) is 9.68. The summed E-state index contributed by atoms with van der Waals surface area (Å²) < 4.78 is 37.5. The lowest BCUT2D eigenvalue weighted by Crippen LogP contribution is -2.39. The molecule has 2 aromatic rings. The first-order valence-electron chi connectivity index (χ1n) is 9.69. The zero-order valence-corrected chi connectivity index (χ0v) is 20.6. The Hall–Kier alpha value is -2.34. The smallest absolute Gasteiger partial charge is 0.260 e. The van der Waals surface area contributed by atoms with E-state index in [4.69, 9.17) is 9.47 Å². The number of anilines is 1. The van der Waals surface area contributed by atoms with Crippen LogP contribution in [0.4, 0.5) is 5.69 Å². The number of nitrogens with zero attached hydrogens (tertiary/aromatic N) is 2. The van der Waals surface area contributed by atoms with Crippen molar-refractivity contribution < 1.29 is 22.7 Å². The molecule has 0 saturated carbocycles. The number of carbonyl (C=O) groups is 1. The van der Waals surface area contributed by atoms with Gasteiger partial charge in [-0.3, -0.25) is 9.10 Å². The third kappa shape index (κ3) is 8.02. The molecule has 0 fully saturated rings. The Bertz CT molecular complexity index is 1010. The van der Waals surface area contributed by atoms with E-state index in [1.165, 1.54) is 6.21 Å². The van der Waals surface area contributed by atoms with Crippen LogP contribution in [0.15, 0.2) is 47.6 Å². The van der Waals surface area contributed by atoms with Crippen LogP contribution in [0, 0.1) is 3.57 Å². The third-order valence-corrected chi connectivity index (χ3v) is 5.79. The summed E-state index contributed by atoms with van der Waals surface area (Å²) in [5, 5.41) is 3.93. The van der Waals surface area contributed by atoms with Crippen LogP contribution in [0.5, 0.6) is 11.5 Å². The van der Waals surface area contributed by atoms with Crippen molar-refractivity contribution in [1.29, 1.82) is 0 Å². The molecule has 0 radical (unpaired) electrons. The average Bonchev–Trinajstić information content (AvgIpc) is 2.72. The number of sulfonamides is 1. The summed E-state index contributed by atoms with van der Waals surface area (Å²) in [5.74, 6) is 0.674. The molecular weight excluding hydrogens is 533 g/mol. The SMILES string of the molecule is CCCOc1ccc(/C=N\NC(=O)CN(c2ccc(I)cc2)S(C)(=O)=O)cc1OCC. The number of carbonyl (C=O) groups excluding carboxylic acids is 1. The van der Waals surface area contributed by atoms with E-state index in [2.05, 4.69) is 33.1 Å². The van der Waals surface area contributed by atoms with Gasteiger partial charge in [0.2, 0.25) is 10.0 Å². The number of hydrogen-bond acceptors (Lipinski definition) is 6. The summed E-state index contributed by atoms with van der Waals surface area (Å²) in [6.07, 6.45) is 3.39. The molecule has 0 bridgehead atoms. The lowest BCUT2D eigenvalue weighted by atomic mass is 10.2. The van der Waals surface area contributed by atoms with Gasteiger partial charge in [0.1, 0.15) is 6.54 Å². The van der Waals surface area contributed by atoms with Gasteiger partial charge in [-0.05, 0) is 84.0 Å². The van der Waals surface area contributed by atoms with Gasteiger partial charge in [0.15, 0.2) is 11.5 Å². The van der Waals surface area contributed by atoms with Crippen LogP contribution < -0.4 is 19.2 Å². The van der Waals surface area contributed by atoms with Crippen LogP contribution in [0.25, 0.3) is 0 Å². The minimum Gasteiger partial charge on any atom is -0.490 e. The number of nitrogens with one attached hydrogen (secondary N) is 1. The van der Waals surface area contributed by atoms with Crippen LogP contribution in [0.1, 0.15) is 25.8 Å². The Labute approximate surface area is 196 Å². The molecule has 1 N–H and O–H groups in total. The summed E-state index contributed by atoms with van der Waals surface area (Å²) in [4.78, 5) is 12.3. The van der Waals surface area contributed by atoms with Crippen LogP contribution in [0.2, 0.25) is 0 Å². The van der Waals surface area contributed by atoms with Crippen LogP contribution >= 0.6 is 22.6 Å². The van der Waals surface area contributed by atoms with Crippen molar-refractivity contribution >= 4 is 50.4 Å². The lowest BCUT2D eigenvalue weighted by Gasteiger charge is -2.21. The van der Waals surface area contributed by atoms with E-state index < -0.39 is 15.9 Å². The highest BCUT2D eigenvalue weighted by molar-refractivity contribution is 14.1. The Morgan fingerprint density at radius 2 is 1.84 bits per heavy atom. The first-order chi connectivity index (χ1) is 14.7. The second-order valence-electron chi connectivity index (χ2n) is 6.53. The van der Waals surface area contributed by atoms with Gasteiger partial charge in [-0.25, -0.2) is 13.8 Å². The molecule has 168 valence electrons. The van der Waals surface area contributed by atoms with Gasteiger partial charge in [-0.1, -0.05) is 6.92 Å². The highest BCUT2D eigenvalue weighted by Gasteiger charge is 2.20. The second kappa shape index (κ2) is 11.9. The van der Waals surface area contributed by atoms with Gasteiger partial charge in [0, 0.05) is 3.57 Å². The molecule has 0 aromatic heterocycles. The van der Waals surface area contributed by atoms with Crippen molar-refractivity contribution in [3.05, 3.63) is 51.6 Å². The summed E-state index contributed by atoms with van der Waals surface area (Å²) in [6.45, 7) is 4.59. The van der Waals surface area contributed by atoms with Crippen molar-refractivity contribution in [2.24, 2.45) is 5.10 Å². The number of amides is 1. The largest absolute Gasteiger partial charge is 0.490 e. The molecule has 0 aliphatic heterocycles. The number of halogens is 1. The van der Waals surface area contributed by atoms with Gasteiger partial charge in [0.25, 0.3) is 5.91 Å². The molecule has 0 saturated heterocycles. The number of hydrazone groups is 1. The third-order valence-electron chi connectivity index (χ3n) is 3.93. The highest BCUT2D eigenvalue weighted by Crippen LogP contribution is 2.28. The molecule has 2 rings (SSSR count). The van der Waals surface area contributed by atoms with Gasteiger partial charge >= 0.3 is 0 Å². The molecule has 0 spiro atoms. The minimum absolute atomic E-state index is 0.384. The van der Waals surface area contributed by atoms with Crippen LogP contribution in [0.3, 0.4) is 0 Å². The molecule has 0 atom stereocenters. The maximum Gasteiger partial charge on any atom is 0.260 e. The monoisotopic (exact) mass is 559 g/mol. The molecule has 0 aliphatic carbocycles. The first-order valence-corrected chi connectivity index (χ1v) is 12.6. The van der Waals surface area contributed by atoms with Gasteiger partial charge in [0.05, 0.1) is 31.4 Å². The Morgan fingerprint density at radius 1 is 1.13 bits per heavy atom. The molecule has 0 aliphatic rings. The van der Waals surface area contributed by atoms with Gasteiger partial charge < -0.3 is 9.47 Å². The number of rotatable bonds is 11. The predicted octanol–water partition coefficient (Wildman–Crippen LogP) is 3.40.